The summed E-state index contributed by atoms with van der Waals surface area (Å²) in [5.41, 5.74) is 0.211. The topological polar surface area (TPSA) is 98.0 Å². The van der Waals surface area contributed by atoms with Gasteiger partial charge in [-0.15, -0.1) is 10.2 Å². The number of benzene rings is 1. The lowest BCUT2D eigenvalue weighted by molar-refractivity contribution is -0.384. The van der Waals surface area contributed by atoms with Crippen molar-refractivity contribution in [3.8, 4) is 0 Å². The van der Waals surface area contributed by atoms with Crippen molar-refractivity contribution in [2.24, 2.45) is 0 Å². The molecule has 11 heteroatoms. The molecule has 2 rings (SSSR count). The fourth-order valence-corrected chi connectivity index (χ4v) is 4.50. The quantitative estimate of drug-likeness (QED) is 0.397. The molecule has 2 aromatic rings. The molecule has 1 aromatic carbocycles. The predicted octanol–water partition coefficient (Wildman–Crippen LogP) is 4.33. The Labute approximate surface area is 155 Å². The number of thioether (sulfide) groups is 2. The van der Waals surface area contributed by atoms with Crippen molar-refractivity contribution in [1.82, 2.24) is 10.2 Å². The van der Waals surface area contributed by atoms with E-state index in [0.717, 1.165) is 20.9 Å². The first-order chi connectivity index (χ1) is 11.5. The molecule has 1 aromatic heterocycles. The number of amides is 1. The number of rotatable bonds is 8. The second-order valence-electron chi connectivity index (χ2n) is 4.44. The minimum Gasteiger partial charge on any atom is -0.324 e. The molecule has 0 fully saturated rings. The maximum Gasteiger partial charge on any atom is 0.271 e. The van der Waals surface area contributed by atoms with Gasteiger partial charge in [-0.1, -0.05) is 53.4 Å². The van der Waals surface area contributed by atoms with E-state index in [9.17, 15) is 14.9 Å². The number of nitrogens with zero attached hydrogens (tertiary/aromatic N) is 3. The Morgan fingerprint density at radius 3 is 2.71 bits per heavy atom. The molecule has 1 amide bonds. The first-order valence-electron chi connectivity index (χ1n) is 6.82. The van der Waals surface area contributed by atoms with Crippen LogP contribution in [0.2, 0.25) is 5.02 Å². The van der Waals surface area contributed by atoms with Crippen LogP contribution >= 0.6 is 46.5 Å². The molecule has 0 aliphatic carbocycles. The predicted molar refractivity (Wildman–Crippen MR) is 98.4 cm³/mol. The smallest absolute Gasteiger partial charge is 0.271 e. The van der Waals surface area contributed by atoms with E-state index < -0.39 is 4.92 Å². The molecule has 0 aliphatic heterocycles. The molecule has 0 bridgehead atoms. The first-order valence-corrected chi connectivity index (χ1v) is 9.99. The van der Waals surface area contributed by atoms with E-state index in [-0.39, 0.29) is 22.4 Å². The van der Waals surface area contributed by atoms with Crippen LogP contribution in [0.25, 0.3) is 0 Å². The molecule has 0 radical (unpaired) electrons. The summed E-state index contributed by atoms with van der Waals surface area (Å²) < 4.78 is 1.61. The number of aromatic nitrogens is 2. The summed E-state index contributed by atoms with van der Waals surface area (Å²) in [4.78, 5) is 22.1. The standard InChI is InChI=1S/C13H13ClN4O3S3/c1-2-5-22-12-16-17-13(24-12)23-7-11(19)15-10-4-3-8(18(20)21)6-9(10)14/h3-4,6H,2,5,7H2,1H3,(H,15,19). The highest BCUT2D eigenvalue weighted by molar-refractivity contribution is 8.03. The number of nitrogens with one attached hydrogen (secondary N) is 1. The van der Waals surface area contributed by atoms with Crippen molar-refractivity contribution < 1.29 is 9.72 Å². The largest absolute Gasteiger partial charge is 0.324 e. The Morgan fingerprint density at radius 2 is 2.08 bits per heavy atom. The van der Waals surface area contributed by atoms with Crippen molar-refractivity contribution in [2.45, 2.75) is 22.0 Å². The molecule has 1 heterocycles. The average molecular weight is 405 g/mol. The number of hydrogen-bond donors (Lipinski definition) is 1. The van der Waals surface area contributed by atoms with Gasteiger partial charge in [0.1, 0.15) is 0 Å². The Kier molecular flexibility index (Phi) is 7.28. The van der Waals surface area contributed by atoms with Crippen LogP contribution in [0.5, 0.6) is 0 Å². The van der Waals surface area contributed by atoms with E-state index in [2.05, 4.69) is 22.4 Å². The zero-order valence-corrected chi connectivity index (χ0v) is 15.7. The van der Waals surface area contributed by atoms with Crippen molar-refractivity contribution in [2.75, 3.05) is 16.8 Å². The molecular formula is C13H13ClN4O3S3. The van der Waals surface area contributed by atoms with E-state index in [1.807, 2.05) is 0 Å². The van der Waals surface area contributed by atoms with Crippen molar-refractivity contribution in [3.05, 3.63) is 33.3 Å². The highest BCUT2D eigenvalue weighted by Crippen LogP contribution is 2.30. The molecule has 0 spiro atoms. The van der Waals surface area contributed by atoms with Crippen LogP contribution in [-0.2, 0) is 4.79 Å². The van der Waals surface area contributed by atoms with E-state index in [1.165, 1.54) is 41.3 Å². The van der Waals surface area contributed by atoms with Gasteiger partial charge < -0.3 is 5.32 Å². The van der Waals surface area contributed by atoms with E-state index in [0.29, 0.717) is 5.69 Å². The van der Waals surface area contributed by atoms with Crippen LogP contribution in [-0.4, -0.2) is 32.5 Å². The van der Waals surface area contributed by atoms with Crippen LogP contribution in [0, 0.1) is 10.1 Å². The second-order valence-corrected chi connectivity index (χ2v) is 8.39. The van der Waals surface area contributed by atoms with E-state index in [1.54, 1.807) is 11.8 Å². The first kappa shape index (κ1) is 19.0. The number of nitro benzene ring substituents is 1. The van der Waals surface area contributed by atoms with Gasteiger partial charge >= 0.3 is 0 Å². The lowest BCUT2D eigenvalue weighted by atomic mass is 10.3. The Morgan fingerprint density at radius 1 is 1.38 bits per heavy atom. The van der Waals surface area contributed by atoms with E-state index >= 15 is 0 Å². The highest BCUT2D eigenvalue weighted by atomic mass is 35.5. The number of non-ortho nitro benzene ring substituents is 1. The van der Waals surface area contributed by atoms with Crippen LogP contribution in [0.15, 0.2) is 26.9 Å². The van der Waals surface area contributed by atoms with Crippen LogP contribution in [0.4, 0.5) is 11.4 Å². The fraction of sp³-hybridized carbons (Fsp3) is 0.308. The average Bonchev–Trinajstić information content (AvgIpc) is 3.00. The molecule has 1 N–H and O–H groups in total. The number of nitro groups is 1. The molecule has 0 aliphatic rings. The minimum atomic E-state index is -0.545. The van der Waals surface area contributed by atoms with Gasteiger partial charge in [-0.2, -0.15) is 0 Å². The summed E-state index contributed by atoms with van der Waals surface area (Å²) in [6.07, 6.45) is 1.06. The molecule has 24 heavy (non-hydrogen) atoms. The molecule has 128 valence electrons. The van der Waals surface area contributed by atoms with Gasteiger partial charge in [0.15, 0.2) is 8.68 Å². The summed E-state index contributed by atoms with van der Waals surface area (Å²) in [7, 11) is 0. The number of carbonyl (C=O) groups excluding carboxylic acids is 1. The van der Waals surface area contributed by atoms with Crippen molar-refractivity contribution in [3.63, 3.8) is 0 Å². The van der Waals surface area contributed by atoms with Gasteiger partial charge in [-0.3, -0.25) is 14.9 Å². The van der Waals surface area contributed by atoms with Gasteiger partial charge in [0, 0.05) is 17.9 Å². The molecule has 0 unspecified atom stereocenters. The van der Waals surface area contributed by atoms with Gasteiger partial charge in [-0.25, -0.2) is 0 Å². The third-order valence-electron chi connectivity index (χ3n) is 2.58. The highest BCUT2D eigenvalue weighted by Gasteiger charge is 2.13. The van der Waals surface area contributed by atoms with Crippen molar-refractivity contribution in [1.29, 1.82) is 0 Å². The maximum atomic E-state index is 12.0. The molecule has 0 saturated carbocycles. The van der Waals surface area contributed by atoms with Gasteiger partial charge in [0.2, 0.25) is 5.91 Å². The molecule has 0 atom stereocenters. The lowest BCUT2D eigenvalue weighted by Crippen LogP contribution is -2.14. The molecule has 7 nitrogen and oxygen atoms in total. The SMILES string of the molecule is CCCSc1nnc(SCC(=O)Nc2ccc([N+](=O)[O-])cc2Cl)s1. The Bertz CT molecular complexity index is 741. The monoisotopic (exact) mass is 404 g/mol. The maximum absolute atomic E-state index is 12.0. The van der Waals surface area contributed by atoms with Gasteiger partial charge in [0.05, 0.1) is 21.4 Å². The summed E-state index contributed by atoms with van der Waals surface area (Å²) in [5, 5.41) is 21.5. The summed E-state index contributed by atoms with van der Waals surface area (Å²) >= 11 is 10.3. The van der Waals surface area contributed by atoms with Gasteiger partial charge in [0.25, 0.3) is 5.69 Å². The number of halogens is 1. The zero-order chi connectivity index (χ0) is 17.5. The minimum absolute atomic E-state index is 0.122. The lowest BCUT2D eigenvalue weighted by Gasteiger charge is -2.06. The number of hydrogen-bond acceptors (Lipinski definition) is 8. The zero-order valence-electron chi connectivity index (χ0n) is 12.5. The molecule has 0 saturated heterocycles. The van der Waals surface area contributed by atoms with Crippen LogP contribution in [0.3, 0.4) is 0 Å². The second kappa shape index (κ2) is 9.21. The third kappa shape index (κ3) is 5.62. The normalized spacial score (nSPS) is 10.6. The van der Waals surface area contributed by atoms with Crippen LogP contribution < -0.4 is 5.32 Å². The summed E-state index contributed by atoms with van der Waals surface area (Å²) in [5.74, 6) is 0.868. The Balaban J connectivity index is 1.87. The molecular weight excluding hydrogens is 392 g/mol. The Hall–Kier alpha value is -1.36. The van der Waals surface area contributed by atoms with Crippen LogP contribution in [0.1, 0.15) is 13.3 Å². The number of anilines is 1. The van der Waals surface area contributed by atoms with Crippen molar-refractivity contribution >= 4 is 63.7 Å². The number of carbonyl (C=O) groups is 1. The third-order valence-corrected chi connectivity index (χ3v) is 6.29. The van der Waals surface area contributed by atoms with Gasteiger partial charge in [-0.05, 0) is 12.5 Å². The summed E-state index contributed by atoms with van der Waals surface area (Å²) in [6, 6.07) is 3.90. The summed E-state index contributed by atoms with van der Waals surface area (Å²) in [6.45, 7) is 2.09. The fourth-order valence-electron chi connectivity index (χ4n) is 1.54. The van der Waals surface area contributed by atoms with E-state index in [4.69, 9.17) is 11.6 Å².